The van der Waals surface area contributed by atoms with Gasteiger partial charge in [-0.25, -0.2) is 0 Å². The number of rotatable bonds is 6. The Morgan fingerprint density at radius 2 is 2.16 bits per heavy atom. The minimum absolute atomic E-state index is 0.0848. The fourth-order valence-electron chi connectivity index (χ4n) is 1.95. The number of benzene rings is 1. The lowest BCUT2D eigenvalue weighted by molar-refractivity contribution is -0.130. The maximum Gasteiger partial charge on any atom is 0.223 e. The summed E-state index contributed by atoms with van der Waals surface area (Å²) in [6, 6.07) is 5.99. The molecule has 0 saturated carbocycles. The van der Waals surface area contributed by atoms with E-state index in [1.807, 2.05) is 33.0 Å². The third-order valence-electron chi connectivity index (χ3n) is 3.07. The van der Waals surface area contributed by atoms with Crippen molar-refractivity contribution in [1.29, 1.82) is 0 Å². The molecule has 1 amide bonds. The third-order valence-corrected chi connectivity index (χ3v) is 3.07. The lowest BCUT2D eigenvalue weighted by Gasteiger charge is -2.19. The minimum atomic E-state index is -0.0940. The van der Waals surface area contributed by atoms with Crippen molar-refractivity contribution in [3.8, 4) is 5.75 Å². The van der Waals surface area contributed by atoms with Crippen molar-refractivity contribution < 1.29 is 9.53 Å². The van der Waals surface area contributed by atoms with Crippen molar-refractivity contribution >= 4 is 5.91 Å². The second-order valence-electron chi connectivity index (χ2n) is 5.06. The molecule has 0 spiro atoms. The van der Waals surface area contributed by atoms with Gasteiger partial charge in [0.05, 0.1) is 7.11 Å². The van der Waals surface area contributed by atoms with Crippen molar-refractivity contribution in [2.45, 2.75) is 32.7 Å². The lowest BCUT2D eigenvalue weighted by Crippen LogP contribution is -2.33. The van der Waals surface area contributed by atoms with Crippen molar-refractivity contribution in [3.05, 3.63) is 29.3 Å². The quantitative estimate of drug-likeness (QED) is 0.851. The Morgan fingerprint density at radius 1 is 1.47 bits per heavy atom. The zero-order valence-corrected chi connectivity index (χ0v) is 12.3. The molecule has 0 aromatic heterocycles. The molecule has 1 atom stereocenters. The van der Waals surface area contributed by atoms with Crippen LogP contribution in [-0.2, 0) is 11.2 Å². The summed E-state index contributed by atoms with van der Waals surface area (Å²) >= 11 is 0. The van der Waals surface area contributed by atoms with E-state index in [-0.39, 0.29) is 11.9 Å². The van der Waals surface area contributed by atoms with Crippen molar-refractivity contribution in [2.75, 3.05) is 20.7 Å². The van der Waals surface area contributed by atoms with E-state index in [0.29, 0.717) is 13.0 Å². The van der Waals surface area contributed by atoms with Gasteiger partial charge < -0.3 is 15.4 Å². The monoisotopic (exact) mass is 264 g/mol. The van der Waals surface area contributed by atoms with Gasteiger partial charge in [0.15, 0.2) is 0 Å². The predicted molar refractivity (Wildman–Crippen MR) is 77.3 cm³/mol. The second-order valence-corrected chi connectivity index (χ2v) is 5.06. The molecule has 0 fully saturated rings. The van der Waals surface area contributed by atoms with Gasteiger partial charge >= 0.3 is 0 Å². The number of carbonyl (C=O) groups is 1. The highest BCUT2D eigenvalue weighted by Crippen LogP contribution is 2.20. The highest BCUT2D eigenvalue weighted by atomic mass is 16.5. The van der Waals surface area contributed by atoms with Crippen molar-refractivity contribution in [2.24, 2.45) is 5.73 Å². The Morgan fingerprint density at radius 3 is 2.74 bits per heavy atom. The average Bonchev–Trinajstić information content (AvgIpc) is 2.35. The van der Waals surface area contributed by atoms with E-state index < -0.39 is 0 Å². The van der Waals surface area contributed by atoms with Crippen LogP contribution >= 0.6 is 0 Å². The number of nitrogens with zero attached hydrogens (tertiary/aromatic N) is 1. The number of hydrogen-bond donors (Lipinski definition) is 1. The zero-order valence-electron chi connectivity index (χ0n) is 12.3. The largest absolute Gasteiger partial charge is 0.496 e. The van der Waals surface area contributed by atoms with Gasteiger partial charge in [-0.2, -0.15) is 0 Å². The highest BCUT2D eigenvalue weighted by Gasteiger charge is 2.12. The zero-order chi connectivity index (χ0) is 14.4. The molecule has 1 aromatic carbocycles. The van der Waals surface area contributed by atoms with Crippen LogP contribution in [0.4, 0.5) is 0 Å². The molecule has 1 aromatic rings. The van der Waals surface area contributed by atoms with Crippen LogP contribution in [-0.4, -0.2) is 37.6 Å². The number of amides is 1. The van der Waals surface area contributed by atoms with E-state index in [4.69, 9.17) is 10.5 Å². The smallest absolute Gasteiger partial charge is 0.223 e. The van der Waals surface area contributed by atoms with Gasteiger partial charge in [0, 0.05) is 26.1 Å². The Labute approximate surface area is 115 Å². The number of aryl methyl sites for hydroxylation is 1. The number of hydrogen-bond acceptors (Lipinski definition) is 3. The minimum Gasteiger partial charge on any atom is -0.496 e. The molecular formula is C15H24N2O2. The molecule has 1 rings (SSSR count). The first-order chi connectivity index (χ1) is 8.93. The maximum absolute atomic E-state index is 11.8. The fourth-order valence-corrected chi connectivity index (χ4v) is 1.95. The van der Waals surface area contributed by atoms with Crippen LogP contribution in [0.5, 0.6) is 5.75 Å². The Hall–Kier alpha value is -1.55. The van der Waals surface area contributed by atoms with Gasteiger partial charge in [-0.3, -0.25) is 4.79 Å². The maximum atomic E-state index is 11.8. The first kappa shape index (κ1) is 15.5. The lowest BCUT2D eigenvalue weighted by atomic mass is 10.1. The van der Waals surface area contributed by atoms with E-state index in [9.17, 15) is 4.79 Å². The molecule has 0 aliphatic rings. The number of nitrogens with two attached hydrogens (primary N) is 1. The van der Waals surface area contributed by atoms with Crippen LogP contribution < -0.4 is 10.5 Å². The molecule has 0 saturated heterocycles. The number of carbonyl (C=O) groups excluding carboxylic acids is 1. The van der Waals surface area contributed by atoms with Crippen molar-refractivity contribution in [3.63, 3.8) is 0 Å². The molecule has 0 heterocycles. The van der Waals surface area contributed by atoms with Crippen LogP contribution in [0.1, 0.15) is 24.5 Å². The Balaban J connectivity index is 2.61. The summed E-state index contributed by atoms with van der Waals surface area (Å²) in [7, 11) is 3.48. The van der Waals surface area contributed by atoms with Gasteiger partial charge in [0.1, 0.15) is 5.75 Å². The van der Waals surface area contributed by atoms with Gasteiger partial charge in [-0.1, -0.05) is 17.7 Å². The standard InChI is InChI=1S/C15H24N2O2/c1-11-5-6-14(19-4)13(9-11)7-8-17(3)15(18)10-12(2)16/h5-6,9,12H,7-8,10,16H2,1-4H3. The summed E-state index contributed by atoms with van der Waals surface area (Å²) in [6.07, 6.45) is 1.17. The molecule has 1 unspecified atom stereocenters. The van der Waals surface area contributed by atoms with Gasteiger partial charge in [0.25, 0.3) is 0 Å². The van der Waals surface area contributed by atoms with Crippen LogP contribution in [0.25, 0.3) is 0 Å². The summed E-state index contributed by atoms with van der Waals surface area (Å²) in [5.74, 6) is 0.959. The molecule has 0 bridgehead atoms. The molecule has 4 heteroatoms. The summed E-state index contributed by atoms with van der Waals surface area (Å²) < 4.78 is 5.33. The molecule has 0 aliphatic carbocycles. The van der Waals surface area contributed by atoms with E-state index in [1.165, 1.54) is 5.56 Å². The molecule has 2 N–H and O–H groups in total. The molecular weight excluding hydrogens is 240 g/mol. The topological polar surface area (TPSA) is 55.6 Å². The van der Waals surface area contributed by atoms with E-state index >= 15 is 0 Å². The summed E-state index contributed by atoms with van der Waals surface area (Å²) in [5.41, 5.74) is 7.96. The predicted octanol–water partition coefficient (Wildman–Crippen LogP) is 1.74. The number of methoxy groups -OCH3 is 1. The Bertz CT molecular complexity index is 430. The number of likely N-dealkylation sites (N-methyl/N-ethyl adjacent to an activating group) is 1. The van der Waals surface area contributed by atoms with Crippen LogP contribution in [0.2, 0.25) is 0 Å². The van der Waals surface area contributed by atoms with E-state index in [0.717, 1.165) is 17.7 Å². The van der Waals surface area contributed by atoms with Gasteiger partial charge in [-0.15, -0.1) is 0 Å². The third kappa shape index (κ3) is 4.91. The van der Waals surface area contributed by atoms with Gasteiger partial charge in [0.2, 0.25) is 5.91 Å². The molecule has 4 nitrogen and oxygen atoms in total. The molecule has 0 radical (unpaired) electrons. The average molecular weight is 264 g/mol. The summed E-state index contributed by atoms with van der Waals surface area (Å²) in [6.45, 7) is 4.56. The first-order valence-electron chi connectivity index (χ1n) is 6.57. The van der Waals surface area contributed by atoms with E-state index in [1.54, 1.807) is 12.0 Å². The summed E-state index contributed by atoms with van der Waals surface area (Å²) in [5, 5.41) is 0. The Kier molecular flexibility index (Phi) is 5.83. The SMILES string of the molecule is COc1ccc(C)cc1CCN(C)C(=O)CC(C)N. The van der Waals surface area contributed by atoms with Gasteiger partial charge in [-0.05, 0) is 31.9 Å². The second kappa shape index (κ2) is 7.14. The fraction of sp³-hybridized carbons (Fsp3) is 0.533. The van der Waals surface area contributed by atoms with Crippen LogP contribution in [0.3, 0.4) is 0 Å². The van der Waals surface area contributed by atoms with Crippen LogP contribution in [0.15, 0.2) is 18.2 Å². The van der Waals surface area contributed by atoms with E-state index in [2.05, 4.69) is 6.07 Å². The number of ether oxygens (including phenoxy) is 1. The van der Waals surface area contributed by atoms with Crippen LogP contribution in [0, 0.1) is 6.92 Å². The molecule has 0 aliphatic heterocycles. The highest BCUT2D eigenvalue weighted by molar-refractivity contribution is 5.76. The molecule has 19 heavy (non-hydrogen) atoms. The first-order valence-corrected chi connectivity index (χ1v) is 6.57. The molecule has 106 valence electrons. The normalized spacial score (nSPS) is 12.1. The summed E-state index contributed by atoms with van der Waals surface area (Å²) in [4.78, 5) is 13.5. The van der Waals surface area contributed by atoms with Crippen molar-refractivity contribution in [1.82, 2.24) is 4.90 Å².